The summed E-state index contributed by atoms with van der Waals surface area (Å²) in [6.07, 6.45) is 0. The third kappa shape index (κ3) is 5.54. The number of ether oxygens (including phenoxy) is 1. The van der Waals surface area contributed by atoms with Crippen LogP contribution in [0.5, 0.6) is 5.75 Å². The predicted octanol–water partition coefficient (Wildman–Crippen LogP) is 4.08. The van der Waals surface area contributed by atoms with Gasteiger partial charge < -0.3 is 15.0 Å². The zero-order valence-corrected chi connectivity index (χ0v) is 19.3. The molecule has 1 atom stereocenters. The van der Waals surface area contributed by atoms with E-state index in [1.165, 1.54) is 36.0 Å². The molecule has 0 aliphatic rings. The number of H-pyrrole nitrogens is 1. The number of anilines is 1. The van der Waals surface area contributed by atoms with Gasteiger partial charge in [0.2, 0.25) is 15.9 Å². The summed E-state index contributed by atoms with van der Waals surface area (Å²) in [6.45, 7) is 2.49. The maximum atomic E-state index is 13.2. The summed E-state index contributed by atoms with van der Waals surface area (Å²) in [4.78, 5) is 21.0. The number of carbonyl (C=O) groups is 1. The van der Waals surface area contributed by atoms with Crippen LogP contribution < -0.4 is 15.2 Å². The molecule has 33 heavy (non-hydrogen) atoms. The summed E-state index contributed by atoms with van der Waals surface area (Å²) in [5.74, 6) is 0.468. The second-order valence-electron chi connectivity index (χ2n) is 7.12. The lowest BCUT2D eigenvalue weighted by Gasteiger charge is -2.16. The van der Waals surface area contributed by atoms with Gasteiger partial charge in [-0.1, -0.05) is 42.1 Å². The van der Waals surface area contributed by atoms with Gasteiger partial charge in [-0.05, 0) is 48.9 Å². The molecule has 3 aromatic carbocycles. The topological polar surface area (TPSA) is 127 Å². The molecule has 0 saturated carbocycles. The lowest BCUT2D eigenvalue weighted by molar-refractivity contribution is -0.115. The van der Waals surface area contributed by atoms with E-state index in [2.05, 4.69) is 15.3 Å². The molecule has 1 heterocycles. The van der Waals surface area contributed by atoms with Crippen molar-refractivity contribution in [2.75, 3.05) is 11.9 Å². The largest absolute Gasteiger partial charge is 0.494 e. The number of amides is 1. The van der Waals surface area contributed by atoms with Gasteiger partial charge in [-0.25, -0.2) is 18.5 Å². The van der Waals surface area contributed by atoms with Gasteiger partial charge in [0.15, 0.2) is 5.16 Å². The van der Waals surface area contributed by atoms with E-state index in [4.69, 9.17) is 9.88 Å². The summed E-state index contributed by atoms with van der Waals surface area (Å²) in [6, 6.07) is 20.7. The minimum Gasteiger partial charge on any atom is -0.494 e. The summed E-state index contributed by atoms with van der Waals surface area (Å²) >= 11 is 1.29. The Bertz CT molecular complexity index is 1370. The molecule has 0 fully saturated rings. The van der Waals surface area contributed by atoms with Crippen molar-refractivity contribution in [1.29, 1.82) is 0 Å². The minimum atomic E-state index is -3.81. The maximum Gasteiger partial charge on any atom is 0.242 e. The Morgan fingerprint density at radius 3 is 2.52 bits per heavy atom. The van der Waals surface area contributed by atoms with Crippen molar-refractivity contribution in [3.63, 3.8) is 0 Å². The first-order valence-electron chi connectivity index (χ1n) is 10.1. The Hall–Kier alpha value is -3.34. The fourth-order valence-electron chi connectivity index (χ4n) is 3.23. The van der Waals surface area contributed by atoms with Gasteiger partial charge in [-0.3, -0.25) is 4.79 Å². The number of nitrogens with zero attached hydrogens (tertiary/aromatic N) is 1. The number of fused-ring (bicyclic) bond motifs is 1. The molecular weight excluding hydrogens is 460 g/mol. The van der Waals surface area contributed by atoms with Crippen LogP contribution in [0.3, 0.4) is 0 Å². The Morgan fingerprint density at radius 1 is 1.12 bits per heavy atom. The maximum absolute atomic E-state index is 13.2. The number of nitrogens with one attached hydrogen (secondary N) is 2. The number of hydrogen-bond acceptors (Lipinski definition) is 6. The Labute approximate surface area is 195 Å². The monoisotopic (exact) mass is 482 g/mol. The van der Waals surface area contributed by atoms with Crippen molar-refractivity contribution in [3.05, 3.63) is 78.4 Å². The normalized spacial score (nSPS) is 12.4. The number of rotatable bonds is 8. The summed E-state index contributed by atoms with van der Waals surface area (Å²) in [7, 11) is -3.81. The molecule has 0 aliphatic carbocycles. The van der Waals surface area contributed by atoms with E-state index < -0.39 is 15.3 Å². The minimum absolute atomic E-state index is 0.0248. The van der Waals surface area contributed by atoms with E-state index in [9.17, 15) is 13.2 Å². The molecule has 8 nitrogen and oxygen atoms in total. The van der Waals surface area contributed by atoms with E-state index >= 15 is 0 Å². The predicted molar refractivity (Wildman–Crippen MR) is 129 cm³/mol. The van der Waals surface area contributed by atoms with Gasteiger partial charge in [-0.15, -0.1) is 0 Å². The molecular formula is C23H22N4O4S2. The van der Waals surface area contributed by atoms with Crippen molar-refractivity contribution < 1.29 is 17.9 Å². The van der Waals surface area contributed by atoms with Gasteiger partial charge in [0.1, 0.15) is 11.0 Å². The van der Waals surface area contributed by atoms with Gasteiger partial charge in [0, 0.05) is 11.8 Å². The fraction of sp³-hybridized carbons (Fsp3) is 0.130. The van der Waals surface area contributed by atoms with E-state index in [-0.39, 0.29) is 10.8 Å². The second-order valence-corrected chi connectivity index (χ2v) is 9.78. The average Bonchev–Trinajstić information content (AvgIpc) is 3.20. The van der Waals surface area contributed by atoms with Crippen molar-refractivity contribution >= 4 is 44.4 Å². The highest BCUT2D eigenvalue weighted by Gasteiger charge is 2.24. The third-order valence-corrected chi connectivity index (χ3v) is 6.83. The number of primary sulfonamides is 1. The van der Waals surface area contributed by atoms with Crippen LogP contribution >= 0.6 is 11.8 Å². The van der Waals surface area contributed by atoms with E-state index in [1.54, 1.807) is 0 Å². The van der Waals surface area contributed by atoms with Crippen LogP contribution in [0.4, 0.5) is 5.69 Å². The molecule has 0 unspecified atom stereocenters. The molecule has 4 rings (SSSR count). The van der Waals surface area contributed by atoms with Crippen molar-refractivity contribution in [1.82, 2.24) is 9.97 Å². The smallest absolute Gasteiger partial charge is 0.242 e. The van der Waals surface area contributed by atoms with Crippen LogP contribution in [0.15, 0.2) is 82.8 Å². The molecule has 1 amide bonds. The van der Waals surface area contributed by atoms with Gasteiger partial charge in [-0.2, -0.15) is 0 Å². The first-order valence-corrected chi connectivity index (χ1v) is 12.5. The molecule has 0 bridgehead atoms. The first-order chi connectivity index (χ1) is 15.8. The Balaban J connectivity index is 1.59. The van der Waals surface area contributed by atoms with Gasteiger partial charge >= 0.3 is 0 Å². The summed E-state index contributed by atoms with van der Waals surface area (Å²) in [5, 5.41) is 7.97. The average molecular weight is 483 g/mol. The summed E-state index contributed by atoms with van der Waals surface area (Å²) < 4.78 is 28.5. The molecule has 4 N–H and O–H groups in total. The van der Waals surface area contributed by atoms with Crippen molar-refractivity contribution in [3.8, 4) is 5.75 Å². The van der Waals surface area contributed by atoms with Crippen LogP contribution in [0.1, 0.15) is 17.7 Å². The lowest BCUT2D eigenvalue weighted by atomic mass is 10.1. The second kappa shape index (κ2) is 9.65. The number of imidazole rings is 1. The lowest BCUT2D eigenvalue weighted by Crippen LogP contribution is -2.19. The number of nitrogens with two attached hydrogens (primary N) is 1. The number of hydrogen-bond donors (Lipinski definition) is 3. The van der Waals surface area contributed by atoms with Crippen LogP contribution in [-0.4, -0.2) is 30.9 Å². The third-order valence-electron chi connectivity index (χ3n) is 4.76. The molecule has 0 spiro atoms. The molecule has 10 heteroatoms. The zero-order chi connectivity index (χ0) is 23.4. The SMILES string of the molecule is CCOc1ccc2nc(S[C@@H](C(=O)Nc3ccc(S(N)(=O)=O)cc3)c3ccccc3)[nH]c2c1. The van der Waals surface area contributed by atoms with E-state index in [1.807, 2.05) is 55.5 Å². The van der Waals surface area contributed by atoms with Crippen LogP contribution in [0.25, 0.3) is 11.0 Å². The van der Waals surface area contributed by atoms with Gasteiger partial charge in [0.25, 0.3) is 0 Å². The molecule has 4 aromatic rings. The molecule has 0 aliphatic heterocycles. The van der Waals surface area contributed by atoms with Crippen LogP contribution in [0.2, 0.25) is 0 Å². The van der Waals surface area contributed by atoms with Crippen LogP contribution in [-0.2, 0) is 14.8 Å². The fourth-order valence-corrected chi connectivity index (χ4v) is 4.74. The number of aromatic nitrogens is 2. The van der Waals surface area contributed by atoms with E-state index in [0.29, 0.717) is 17.5 Å². The van der Waals surface area contributed by atoms with Crippen LogP contribution in [0, 0.1) is 0 Å². The number of thioether (sulfide) groups is 1. The molecule has 1 aromatic heterocycles. The molecule has 0 radical (unpaired) electrons. The Kier molecular flexibility index (Phi) is 6.68. The number of carbonyl (C=O) groups excluding carboxylic acids is 1. The summed E-state index contributed by atoms with van der Waals surface area (Å²) in [5.41, 5.74) is 2.84. The quantitative estimate of drug-likeness (QED) is 0.325. The number of aromatic amines is 1. The number of sulfonamides is 1. The van der Waals surface area contributed by atoms with Crippen molar-refractivity contribution in [2.45, 2.75) is 22.2 Å². The first kappa shape index (κ1) is 22.8. The number of benzene rings is 3. The standard InChI is InChI=1S/C23H22N4O4S2/c1-2-31-17-10-13-19-20(14-17)27-23(26-19)32-21(15-6-4-3-5-7-15)22(28)25-16-8-11-18(12-9-16)33(24,29)30/h3-14,21H,2H2,1H3,(H,25,28)(H,26,27)(H2,24,29,30)/t21-/m1/s1. The van der Waals surface area contributed by atoms with E-state index in [0.717, 1.165) is 22.3 Å². The highest BCUT2D eigenvalue weighted by molar-refractivity contribution is 8.00. The Morgan fingerprint density at radius 2 is 1.85 bits per heavy atom. The molecule has 0 saturated heterocycles. The highest BCUT2D eigenvalue weighted by Crippen LogP contribution is 2.36. The molecule has 170 valence electrons. The van der Waals surface area contributed by atoms with Gasteiger partial charge in [0.05, 0.1) is 22.5 Å². The highest BCUT2D eigenvalue weighted by atomic mass is 32.2. The van der Waals surface area contributed by atoms with Crippen molar-refractivity contribution in [2.24, 2.45) is 5.14 Å². The zero-order valence-electron chi connectivity index (χ0n) is 17.7.